The molecule has 2 aromatic rings. The van der Waals surface area contributed by atoms with E-state index in [9.17, 15) is 9.59 Å². The molecule has 1 amide bonds. The second-order valence-electron chi connectivity index (χ2n) is 7.37. The molecule has 2 aromatic carbocycles. The molecule has 0 heterocycles. The Morgan fingerprint density at radius 1 is 1.04 bits per heavy atom. The molecule has 150 valence electrons. The minimum absolute atomic E-state index is 0.205. The van der Waals surface area contributed by atoms with Crippen LogP contribution in [0.4, 0.5) is 4.79 Å². The molecule has 1 N–H and O–H groups in total. The van der Waals surface area contributed by atoms with Gasteiger partial charge >= 0.3 is 12.1 Å². The molecule has 1 unspecified atom stereocenters. The third-order valence-electron chi connectivity index (χ3n) is 3.93. The van der Waals surface area contributed by atoms with E-state index in [1.165, 1.54) is 7.11 Å². The molecular formula is C22H27NO5. The summed E-state index contributed by atoms with van der Waals surface area (Å²) in [6.45, 7) is 7.59. The van der Waals surface area contributed by atoms with Crippen LogP contribution in [0.25, 0.3) is 0 Å². The largest absolute Gasteiger partial charge is 0.489 e. The van der Waals surface area contributed by atoms with Gasteiger partial charge in [-0.05, 0) is 51.5 Å². The van der Waals surface area contributed by atoms with Crippen molar-refractivity contribution in [1.82, 2.24) is 5.32 Å². The van der Waals surface area contributed by atoms with E-state index in [0.29, 0.717) is 11.3 Å². The topological polar surface area (TPSA) is 73.9 Å². The van der Waals surface area contributed by atoms with Gasteiger partial charge in [-0.15, -0.1) is 0 Å². The van der Waals surface area contributed by atoms with Crippen LogP contribution < -0.4 is 10.1 Å². The maximum atomic E-state index is 11.9. The average Bonchev–Trinajstić information content (AvgIpc) is 2.64. The van der Waals surface area contributed by atoms with Gasteiger partial charge in [0.15, 0.2) is 0 Å². The minimum Gasteiger partial charge on any atom is -0.489 e. The van der Waals surface area contributed by atoms with Gasteiger partial charge in [-0.25, -0.2) is 9.59 Å². The molecule has 6 nitrogen and oxygen atoms in total. The van der Waals surface area contributed by atoms with Crippen LogP contribution in [0.15, 0.2) is 48.5 Å². The minimum atomic E-state index is -0.540. The van der Waals surface area contributed by atoms with E-state index in [1.54, 1.807) is 12.1 Å². The van der Waals surface area contributed by atoms with Crippen molar-refractivity contribution in [3.8, 4) is 5.75 Å². The van der Waals surface area contributed by atoms with Crippen molar-refractivity contribution in [3.05, 3.63) is 65.2 Å². The van der Waals surface area contributed by atoms with Crippen LogP contribution in [0.5, 0.6) is 5.75 Å². The lowest BCUT2D eigenvalue weighted by atomic mass is 10.1. The summed E-state index contributed by atoms with van der Waals surface area (Å²) in [6, 6.07) is 14.4. The highest BCUT2D eigenvalue weighted by Crippen LogP contribution is 2.20. The van der Waals surface area contributed by atoms with E-state index in [1.807, 2.05) is 64.1 Å². The summed E-state index contributed by atoms with van der Waals surface area (Å²) >= 11 is 0. The van der Waals surface area contributed by atoms with Crippen LogP contribution in [-0.4, -0.2) is 24.8 Å². The molecule has 2 rings (SSSR count). The molecule has 0 aliphatic heterocycles. The summed E-state index contributed by atoms with van der Waals surface area (Å²) in [6.07, 6.45) is -0.459. The first kappa shape index (κ1) is 21.3. The zero-order valence-electron chi connectivity index (χ0n) is 16.9. The standard InChI is InChI=1S/C22H27NO5/c1-15(23-21(25)28-22(2,3)4)16-10-12-18(13-11-16)27-14-17-8-6-7-9-19(17)20(24)26-5/h6-13,15H,14H2,1-5H3,(H,23,25). The smallest absolute Gasteiger partial charge is 0.408 e. The van der Waals surface area contributed by atoms with Gasteiger partial charge in [-0.2, -0.15) is 0 Å². The number of hydrogen-bond acceptors (Lipinski definition) is 5. The number of hydrogen-bond donors (Lipinski definition) is 1. The van der Waals surface area contributed by atoms with E-state index in [2.05, 4.69) is 5.32 Å². The van der Waals surface area contributed by atoms with Crippen LogP contribution in [0.2, 0.25) is 0 Å². The first-order chi connectivity index (χ1) is 13.2. The van der Waals surface area contributed by atoms with Gasteiger partial charge in [-0.1, -0.05) is 30.3 Å². The molecule has 0 aromatic heterocycles. The Bertz CT molecular complexity index is 808. The summed E-state index contributed by atoms with van der Waals surface area (Å²) < 4.78 is 15.9. The monoisotopic (exact) mass is 385 g/mol. The van der Waals surface area contributed by atoms with E-state index < -0.39 is 17.7 Å². The number of ether oxygens (including phenoxy) is 3. The van der Waals surface area contributed by atoms with Gasteiger partial charge < -0.3 is 19.5 Å². The van der Waals surface area contributed by atoms with Crippen LogP contribution in [-0.2, 0) is 16.1 Å². The van der Waals surface area contributed by atoms with E-state index in [-0.39, 0.29) is 12.6 Å². The van der Waals surface area contributed by atoms with Gasteiger partial charge in [0.2, 0.25) is 0 Å². The number of esters is 1. The van der Waals surface area contributed by atoms with Crippen molar-refractivity contribution in [3.63, 3.8) is 0 Å². The Kier molecular flexibility index (Phi) is 7.04. The van der Waals surface area contributed by atoms with Crippen LogP contribution in [0.1, 0.15) is 55.2 Å². The molecule has 0 aliphatic rings. The molecule has 6 heteroatoms. The number of carbonyl (C=O) groups is 2. The van der Waals surface area contributed by atoms with Gasteiger partial charge in [0.25, 0.3) is 0 Å². The van der Waals surface area contributed by atoms with E-state index >= 15 is 0 Å². The fourth-order valence-corrected chi connectivity index (χ4v) is 2.54. The Morgan fingerprint density at radius 3 is 2.29 bits per heavy atom. The van der Waals surface area contributed by atoms with Crippen molar-refractivity contribution >= 4 is 12.1 Å². The van der Waals surface area contributed by atoms with Gasteiger partial charge in [0.1, 0.15) is 18.0 Å². The van der Waals surface area contributed by atoms with Crippen molar-refractivity contribution in [2.45, 2.75) is 45.9 Å². The second kappa shape index (κ2) is 9.26. The Hall–Kier alpha value is -3.02. The number of carbonyl (C=O) groups excluding carboxylic acids is 2. The molecule has 0 saturated heterocycles. The molecule has 1 atom stereocenters. The van der Waals surface area contributed by atoms with Crippen molar-refractivity contribution < 1.29 is 23.8 Å². The maximum absolute atomic E-state index is 11.9. The third kappa shape index (κ3) is 6.30. The highest BCUT2D eigenvalue weighted by molar-refractivity contribution is 5.90. The Labute approximate surface area is 165 Å². The van der Waals surface area contributed by atoms with Crippen LogP contribution in [0.3, 0.4) is 0 Å². The molecule has 0 spiro atoms. The average molecular weight is 385 g/mol. The van der Waals surface area contributed by atoms with Crippen molar-refractivity contribution in [1.29, 1.82) is 0 Å². The second-order valence-corrected chi connectivity index (χ2v) is 7.37. The lowest BCUT2D eigenvalue weighted by molar-refractivity contribution is 0.0506. The third-order valence-corrected chi connectivity index (χ3v) is 3.93. The molecule has 0 fully saturated rings. The molecule has 0 aliphatic carbocycles. The normalized spacial score (nSPS) is 12.0. The predicted octanol–water partition coefficient (Wildman–Crippen LogP) is 4.64. The van der Waals surface area contributed by atoms with Crippen molar-refractivity contribution in [2.24, 2.45) is 0 Å². The lowest BCUT2D eigenvalue weighted by Gasteiger charge is -2.22. The molecule has 0 radical (unpaired) electrons. The summed E-state index contributed by atoms with van der Waals surface area (Å²) in [5.41, 5.74) is 1.62. The van der Waals surface area contributed by atoms with Gasteiger partial charge in [0, 0.05) is 5.56 Å². The summed E-state index contributed by atoms with van der Waals surface area (Å²) in [5.74, 6) is 0.268. The number of rotatable bonds is 6. The lowest BCUT2D eigenvalue weighted by Crippen LogP contribution is -2.34. The Morgan fingerprint density at radius 2 is 1.68 bits per heavy atom. The maximum Gasteiger partial charge on any atom is 0.408 e. The molecular weight excluding hydrogens is 358 g/mol. The Balaban J connectivity index is 1.96. The number of benzene rings is 2. The fraction of sp³-hybridized carbons (Fsp3) is 0.364. The van der Waals surface area contributed by atoms with Gasteiger partial charge in [0.05, 0.1) is 18.7 Å². The highest BCUT2D eigenvalue weighted by Gasteiger charge is 2.18. The predicted molar refractivity (Wildman–Crippen MR) is 106 cm³/mol. The zero-order chi connectivity index (χ0) is 20.7. The fourth-order valence-electron chi connectivity index (χ4n) is 2.54. The summed E-state index contributed by atoms with van der Waals surface area (Å²) in [5, 5.41) is 2.80. The zero-order valence-corrected chi connectivity index (χ0v) is 16.9. The molecule has 28 heavy (non-hydrogen) atoms. The summed E-state index contributed by atoms with van der Waals surface area (Å²) in [7, 11) is 1.35. The number of amides is 1. The number of methoxy groups -OCH3 is 1. The van der Waals surface area contributed by atoms with E-state index in [4.69, 9.17) is 14.2 Å². The first-order valence-corrected chi connectivity index (χ1v) is 9.08. The number of alkyl carbamates (subject to hydrolysis) is 1. The highest BCUT2D eigenvalue weighted by atomic mass is 16.6. The van der Waals surface area contributed by atoms with E-state index in [0.717, 1.165) is 11.1 Å². The van der Waals surface area contributed by atoms with Crippen LogP contribution in [0, 0.1) is 0 Å². The summed E-state index contributed by atoms with van der Waals surface area (Å²) in [4.78, 5) is 23.7. The molecule has 0 bridgehead atoms. The van der Waals surface area contributed by atoms with Crippen LogP contribution >= 0.6 is 0 Å². The van der Waals surface area contributed by atoms with Gasteiger partial charge in [-0.3, -0.25) is 0 Å². The molecule has 0 saturated carbocycles. The first-order valence-electron chi connectivity index (χ1n) is 9.08. The van der Waals surface area contributed by atoms with Crippen molar-refractivity contribution in [2.75, 3.05) is 7.11 Å². The number of nitrogens with one attached hydrogen (secondary N) is 1. The quantitative estimate of drug-likeness (QED) is 0.734. The SMILES string of the molecule is COC(=O)c1ccccc1COc1ccc(C(C)NC(=O)OC(C)(C)C)cc1.